The molecule has 0 aliphatic carbocycles. The molecule has 0 spiro atoms. The third-order valence-electron chi connectivity index (χ3n) is 7.75. The molecular weight excluding hydrogens is 698 g/mol. The number of hydrogen-bond donors (Lipinski definition) is 3. The van der Waals surface area contributed by atoms with Crippen LogP contribution in [0.4, 0.5) is 21.7 Å². The van der Waals surface area contributed by atoms with Gasteiger partial charge in [0.05, 0.1) is 28.5 Å². The van der Waals surface area contributed by atoms with Gasteiger partial charge in [0.1, 0.15) is 11.6 Å². The molecule has 0 radical (unpaired) electrons. The van der Waals surface area contributed by atoms with E-state index in [0.717, 1.165) is 28.5 Å². The Morgan fingerprint density at radius 2 is 1.49 bits per heavy atom. The van der Waals surface area contributed by atoms with Gasteiger partial charge in [0.15, 0.2) is 15.5 Å². The van der Waals surface area contributed by atoms with E-state index in [9.17, 15) is 26.0 Å². The molecule has 3 N–H and O–H groups in total. The molecule has 51 heavy (non-hydrogen) atoms. The summed E-state index contributed by atoms with van der Waals surface area (Å²) in [5.74, 6) is -0.302. The van der Waals surface area contributed by atoms with E-state index in [1.54, 1.807) is 41.8 Å². The second-order valence-corrected chi connectivity index (χ2v) is 15.0. The maximum atomic E-state index is 13.2. The minimum absolute atomic E-state index is 0.0666. The molecule has 0 fully saturated rings. The van der Waals surface area contributed by atoms with E-state index >= 15 is 0 Å². The van der Waals surface area contributed by atoms with Crippen molar-refractivity contribution in [2.45, 2.75) is 29.6 Å². The number of rotatable bonds is 9. The van der Waals surface area contributed by atoms with E-state index in [4.69, 9.17) is 9.29 Å². The SMILES string of the molecule is COc1cc(S(C)(=O)=O)ccc1Nc1nc2ccc(-c3ccc(NC(=O)C(C)c4ccc(F)cc4)cc3)cn2n1.Cc1ccc(S(=O)(=O)O)cc1. The highest BCUT2D eigenvalue weighted by Crippen LogP contribution is 2.30. The Balaban J connectivity index is 0.000000392. The van der Waals surface area contributed by atoms with Gasteiger partial charge in [0.25, 0.3) is 10.1 Å². The number of carbonyl (C=O) groups is 1. The van der Waals surface area contributed by atoms with E-state index in [2.05, 4.69) is 20.7 Å². The Kier molecular flexibility index (Phi) is 10.8. The number of fused-ring (bicyclic) bond motifs is 1. The molecule has 1 atom stereocenters. The van der Waals surface area contributed by atoms with Crippen LogP contribution < -0.4 is 15.4 Å². The molecule has 1 amide bonds. The molecule has 12 nitrogen and oxygen atoms in total. The number of methoxy groups -OCH3 is 1. The van der Waals surface area contributed by atoms with Gasteiger partial charge in [0, 0.05) is 29.8 Å². The van der Waals surface area contributed by atoms with Crippen LogP contribution in [0.15, 0.2) is 119 Å². The van der Waals surface area contributed by atoms with Crippen LogP contribution >= 0.6 is 0 Å². The van der Waals surface area contributed by atoms with Gasteiger partial charge in [-0.25, -0.2) is 17.3 Å². The minimum Gasteiger partial charge on any atom is -0.495 e. The van der Waals surface area contributed by atoms with Crippen LogP contribution in [0, 0.1) is 12.7 Å². The predicted molar refractivity (Wildman–Crippen MR) is 192 cm³/mol. The second kappa shape index (κ2) is 15.1. The first kappa shape index (κ1) is 36.6. The molecule has 6 rings (SSSR count). The van der Waals surface area contributed by atoms with Crippen molar-refractivity contribution < 1.29 is 35.3 Å². The maximum Gasteiger partial charge on any atom is 0.294 e. The number of benzene rings is 4. The van der Waals surface area contributed by atoms with Crippen LogP contribution in [0.3, 0.4) is 0 Å². The first-order valence-electron chi connectivity index (χ1n) is 15.3. The fraction of sp³-hybridized carbons (Fsp3) is 0.139. The van der Waals surface area contributed by atoms with Gasteiger partial charge < -0.3 is 15.4 Å². The van der Waals surface area contributed by atoms with Crippen LogP contribution in [0.2, 0.25) is 0 Å². The average molecular weight is 732 g/mol. The number of halogens is 1. The van der Waals surface area contributed by atoms with E-state index in [-0.39, 0.29) is 21.5 Å². The smallest absolute Gasteiger partial charge is 0.294 e. The number of amides is 1. The molecular formula is C36H34FN5O7S2. The number of aryl methyl sites for hydroxylation is 1. The molecule has 2 heterocycles. The van der Waals surface area contributed by atoms with Crippen molar-refractivity contribution in [3.8, 4) is 16.9 Å². The number of nitrogens with zero attached hydrogens (tertiary/aromatic N) is 3. The zero-order valence-electron chi connectivity index (χ0n) is 27.9. The zero-order valence-corrected chi connectivity index (χ0v) is 29.5. The normalized spacial score (nSPS) is 12.0. The van der Waals surface area contributed by atoms with E-state index in [0.29, 0.717) is 28.7 Å². The van der Waals surface area contributed by atoms with Gasteiger partial charge in [-0.15, -0.1) is 5.10 Å². The summed E-state index contributed by atoms with van der Waals surface area (Å²) >= 11 is 0. The first-order chi connectivity index (χ1) is 24.1. The van der Waals surface area contributed by atoms with E-state index in [1.807, 2.05) is 49.5 Å². The van der Waals surface area contributed by atoms with Crippen LogP contribution in [0.5, 0.6) is 5.75 Å². The van der Waals surface area contributed by atoms with Gasteiger partial charge in [-0.3, -0.25) is 9.35 Å². The highest BCUT2D eigenvalue weighted by atomic mass is 32.2. The topological polar surface area (TPSA) is 169 Å². The lowest BCUT2D eigenvalue weighted by molar-refractivity contribution is -0.117. The number of carbonyl (C=O) groups excluding carboxylic acids is 1. The minimum atomic E-state index is -4.02. The highest BCUT2D eigenvalue weighted by Gasteiger charge is 2.16. The Hall–Kier alpha value is -5.64. The van der Waals surface area contributed by atoms with Gasteiger partial charge in [-0.05, 0) is 85.6 Å². The lowest BCUT2D eigenvalue weighted by Crippen LogP contribution is -2.18. The number of sulfone groups is 1. The molecule has 0 aliphatic rings. The molecule has 15 heteroatoms. The molecule has 0 saturated heterocycles. The van der Waals surface area contributed by atoms with Crippen LogP contribution in [0.25, 0.3) is 16.8 Å². The zero-order chi connectivity index (χ0) is 36.9. The Labute approximate surface area is 294 Å². The van der Waals surface area contributed by atoms with Crippen LogP contribution in [-0.4, -0.2) is 55.3 Å². The van der Waals surface area contributed by atoms with Crippen molar-refractivity contribution in [3.63, 3.8) is 0 Å². The molecule has 2 aromatic heterocycles. The molecule has 0 bridgehead atoms. The summed E-state index contributed by atoms with van der Waals surface area (Å²) in [6.45, 7) is 3.61. The first-order valence-corrected chi connectivity index (χ1v) is 18.7. The summed E-state index contributed by atoms with van der Waals surface area (Å²) in [5, 5.41) is 10.5. The van der Waals surface area contributed by atoms with Gasteiger partial charge in [-0.1, -0.05) is 42.0 Å². The van der Waals surface area contributed by atoms with Crippen LogP contribution in [0.1, 0.15) is 24.0 Å². The maximum absolute atomic E-state index is 13.2. The summed E-state index contributed by atoms with van der Waals surface area (Å²) in [6, 6.07) is 27.6. The highest BCUT2D eigenvalue weighted by molar-refractivity contribution is 7.90. The van der Waals surface area contributed by atoms with Crippen molar-refractivity contribution in [3.05, 3.63) is 126 Å². The van der Waals surface area contributed by atoms with Crippen LogP contribution in [-0.2, 0) is 24.7 Å². The number of ether oxygens (including phenoxy) is 1. The fourth-order valence-corrected chi connectivity index (χ4v) is 5.96. The quantitative estimate of drug-likeness (QED) is 0.137. The average Bonchev–Trinajstić information content (AvgIpc) is 3.50. The molecule has 0 aliphatic heterocycles. The van der Waals surface area contributed by atoms with Crippen molar-refractivity contribution >= 4 is 48.8 Å². The lowest BCUT2D eigenvalue weighted by atomic mass is 10.00. The molecule has 6 aromatic rings. The third kappa shape index (κ3) is 9.33. The Morgan fingerprint density at radius 1 is 0.863 bits per heavy atom. The van der Waals surface area contributed by atoms with Gasteiger partial charge in [0.2, 0.25) is 11.9 Å². The molecule has 1 unspecified atom stereocenters. The molecule has 264 valence electrons. The van der Waals surface area contributed by atoms with Crippen molar-refractivity contribution in [1.82, 2.24) is 14.6 Å². The summed E-state index contributed by atoms with van der Waals surface area (Å²) < 4.78 is 73.4. The van der Waals surface area contributed by atoms with Crippen molar-refractivity contribution in [1.29, 1.82) is 0 Å². The predicted octanol–water partition coefficient (Wildman–Crippen LogP) is 6.68. The number of anilines is 3. The Bertz CT molecular complexity index is 2400. The van der Waals surface area contributed by atoms with Crippen molar-refractivity contribution in [2.75, 3.05) is 24.0 Å². The Morgan fingerprint density at radius 3 is 2.10 bits per heavy atom. The number of hydrogen-bond acceptors (Lipinski definition) is 9. The van der Waals surface area contributed by atoms with E-state index in [1.165, 1.54) is 43.5 Å². The van der Waals surface area contributed by atoms with Gasteiger partial charge in [-0.2, -0.15) is 13.4 Å². The number of pyridine rings is 1. The summed E-state index contributed by atoms with van der Waals surface area (Å²) in [5.41, 5.74) is 5.26. The number of nitrogens with one attached hydrogen (secondary N) is 2. The fourth-order valence-electron chi connectivity index (χ4n) is 4.84. The van der Waals surface area contributed by atoms with E-state index < -0.39 is 25.9 Å². The number of aromatic nitrogens is 3. The third-order valence-corrected chi connectivity index (χ3v) is 9.72. The largest absolute Gasteiger partial charge is 0.495 e. The summed E-state index contributed by atoms with van der Waals surface area (Å²) in [6.07, 6.45) is 2.97. The summed E-state index contributed by atoms with van der Waals surface area (Å²) in [7, 11) is -5.94. The monoisotopic (exact) mass is 731 g/mol. The molecule has 4 aromatic carbocycles. The van der Waals surface area contributed by atoms with Gasteiger partial charge >= 0.3 is 0 Å². The van der Waals surface area contributed by atoms with Crippen molar-refractivity contribution in [2.24, 2.45) is 0 Å². The second-order valence-electron chi connectivity index (χ2n) is 11.5. The summed E-state index contributed by atoms with van der Waals surface area (Å²) in [4.78, 5) is 17.2. The molecule has 0 saturated carbocycles. The standard InChI is InChI=1S/C29H26FN5O4S.C7H8O3S/c1-18(19-4-9-22(30)10-5-19)28(36)31-23-11-6-20(7-12-23)21-8-15-27-33-29(34-35(27)17-21)32-25-14-13-24(40(3,37)38)16-26(25)39-2;1-6-2-4-7(5-3-6)11(8,9)10/h4-18H,1-3H3,(H,31,36)(H,32,34);2-5H,1H3,(H,8,9,10). The lowest BCUT2D eigenvalue weighted by Gasteiger charge is -2.13.